The van der Waals surface area contributed by atoms with Crippen LogP contribution in [0.25, 0.3) is 0 Å². The Bertz CT molecular complexity index is 444. The summed E-state index contributed by atoms with van der Waals surface area (Å²) in [5, 5.41) is 6.05. The summed E-state index contributed by atoms with van der Waals surface area (Å²) in [4.78, 5) is 11.8. The maximum atomic E-state index is 11.8. The van der Waals surface area contributed by atoms with E-state index in [-0.39, 0.29) is 11.9 Å². The third-order valence-electron chi connectivity index (χ3n) is 2.98. The van der Waals surface area contributed by atoms with Crippen LogP contribution >= 0.6 is 0 Å². The van der Waals surface area contributed by atoms with Crippen LogP contribution in [0.15, 0.2) is 18.2 Å². The van der Waals surface area contributed by atoms with Gasteiger partial charge in [-0.2, -0.15) is 0 Å². The highest BCUT2D eigenvalue weighted by Crippen LogP contribution is 2.29. The van der Waals surface area contributed by atoms with Crippen molar-refractivity contribution in [2.45, 2.75) is 31.8 Å². The molecule has 0 spiro atoms. The van der Waals surface area contributed by atoms with Crippen LogP contribution in [0, 0.1) is 0 Å². The van der Waals surface area contributed by atoms with E-state index in [9.17, 15) is 4.79 Å². The van der Waals surface area contributed by atoms with Crippen molar-refractivity contribution >= 4 is 17.3 Å². The lowest BCUT2D eigenvalue weighted by Crippen LogP contribution is -2.38. The second kappa shape index (κ2) is 5.16. The molecule has 0 saturated heterocycles. The summed E-state index contributed by atoms with van der Waals surface area (Å²) < 4.78 is 5.14. The number of carbonyl (C=O) groups is 1. The minimum atomic E-state index is -0.319. The predicted molar refractivity (Wildman–Crippen MR) is 71.7 cm³/mol. The number of nitrogens with two attached hydrogens (primary N) is 1. The van der Waals surface area contributed by atoms with E-state index in [0.717, 1.165) is 12.8 Å². The minimum absolute atomic E-state index is 0.000259. The predicted octanol–water partition coefficient (Wildman–Crippen LogP) is 1.36. The van der Waals surface area contributed by atoms with Crippen LogP contribution < -0.4 is 21.1 Å². The van der Waals surface area contributed by atoms with Crippen molar-refractivity contribution in [1.29, 1.82) is 0 Å². The van der Waals surface area contributed by atoms with Crippen molar-refractivity contribution in [3.05, 3.63) is 18.2 Å². The number of hydrogen-bond donors (Lipinski definition) is 3. The zero-order valence-corrected chi connectivity index (χ0v) is 10.7. The molecule has 18 heavy (non-hydrogen) atoms. The fraction of sp³-hybridized carbons (Fsp3) is 0.462. The molecule has 1 aromatic rings. The highest BCUT2D eigenvalue weighted by Gasteiger charge is 2.25. The van der Waals surface area contributed by atoms with Crippen LogP contribution in [0.1, 0.15) is 19.8 Å². The van der Waals surface area contributed by atoms with E-state index in [2.05, 4.69) is 10.6 Å². The Morgan fingerprint density at radius 3 is 2.83 bits per heavy atom. The first-order valence-electron chi connectivity index (χ1n) is 6.11. The van der Waals surface area contributed by atoms with E-state index in [0.29, 0.717) is 23.2 Å². The topological polar surface area (TPSA) is 76.4 Å². The molecule has 1 aromatic carbocycles. The number of nitrogens with one attached hydrogen (secondary N) is 2. The molecule has 0 radical (unpaired) electrons. The molecule has 1 unspecified atom stereocenters. The molecule has 4 N–H and O–H groups in total. The summed E-state index contributed by atoms with van der Waals surface area (Å²) >= 11 is 0. The van der Waals surface area contributed by atoms with Gasteiger partial charge < -0.3 is 21.1 Å². The molecular weight excluding hydrogens is 230 g/mol. The summed E-state index contributed by atoms with van der Waals surface area (Å²) in [5.41, 5.74) is 7.17. The molecule has 1 aliphatic rings. The number of para-hydroxylation sites is 1. The Morgan fingerprint density at radius 1 is 1.50 bits per heavy atom. The molecule has 5 nitrogen and oxygen atoms in total. The summed E-state index contributed by atoms with van der Waals surface area (Å²) in [7, 11) is 1.57. The SMILES string of the molecule is COc1cccc(NC(C)C(=O)NC2CC2)c1N. The normalized spacial score (nSPS) is 15.9. The molecule has 1 atom stereocenters. The molecular formula is C13H19N3O2. The van der Waals surface area contributed by atoms with Crippen LogP contribution in [0.5, 0.6) is 5.75 Å². The average Bonchev–Trinajstić information content (AvgIpc) is 3.15. The maximum Gasteiger partial charge on any atom is 0.242 e. The van der Waals surface area contributed by atoms with Gasteiger partial charge >= 0.3 is 0 Å². The lowest BCUT2D eigenvalue weighted by Gasteiger charge is -2.17. The highest BCUT2D eigenvalue weighted by atomic mass is 16.5. The van der Waals surface area contributed by atoms with E-state index in [1.165, 1.54) is 0 Å². The summed E-state index contributed by atoms with van der Waals surface area (Å²) in [6, 6.07) is 5.50. The number of methoxy groups -OCH3 is 1. The minimum Gasteiger partial charge on any atom is -0.495 e. The Kier molecular flexibility index (Phi) is 3.60. The third kappa shape index (κ3) is 2.85. The highest BCUT2D eigenvalue weighted by molar-refractivity contribution is 5.86. The summed E-state index contributed by atoms with van der Waals surface area (Å²) in [6.07, 6.45) is 2.17. The largest absolute Gasteiger partial charge is 0.495 e. The number of nitrogen functional groups attached to an aromatic ring is 1. The molecule has 0 heterocycles. The van der Waals surface area contributed by atoms with E-state index in [1.54, 1.807) is 13.2 Å². The standard InChI is InChI=1S/C13H19N3O2/c1-8(13(17)16-9-6-7-9)15-10-4-3-5-11(18-2)12(10)14/h3-5,8-9,15H,6-7,14H2,1-2H3,(H,16,17). The van der Waals surface area contributed by atoms with Crippen molar-refractivity contribution in [2.24, 2.45) is 0 Å². The van der Waals surface area contributed by atoms with Crippen molar-refractivity contribution in [3.63, 3.8) is 0 Å². The maximum absolute atomic E-state index is 11.8. The quantitative estimate of drug-likeness (QED) is 0.689. The Balaban J connectivity index is 2.01. The summed E-state index contributed by atoms with van der Waals surface area (Å²) in [5.74, 6) is 0.606. The Hall–Kier alpha value is -1.91. The molecule has 98 valence electrons. The smallest absolute Gasteiger partial charge is 0.242 e. The molecule has 1 saturated carbocycles. The van der Waals surface area contributed by atoms with Gasteiger partial charge in [-0.05, 0) is 31.9 Å². The molecule has 0 bridgehead atoms. The molecule has 1 aliphatic carbocycles. The van der Waals surface area contributed by atoms with Crippen molar-refractivity contribution in [3.8, 4) is 5.75 Å². The molecule has 1 fully saturated rings. The van der Waals surface area contributed by atoms with Crippen molar-refractivity contribution in [1.82, 2.24) is 5.32 Å². The Morgan fingerprint density at radius 2 is 2.22 bits per heavy atom. The average molecular weight is 249 g/mol. The molecule has 0 aliphatic heterocycles. The second-order valence-electron chi connectivity index (χ2n) is 4.57. The van der Waals surface area contributed by atoms with Crippen LogP contribution in [-0.4, -0.2) is 25.1 Å². The van der Waals surface area contributed by atoms with Crippen LogP contribution in [0.2, 0.25) is 0 Å². The lowest BCUT2D eigenvalue weighted by atomic mass is 10.2. The number of benzene rings is 1. The van der Waals surface area contributed by atoms with E-state index >= 15 is 0 Å². The zero-order chi connectivity index (χ0) is 13.1. The first kappa shape index (κ1) is 12.5. The molecule has 2 rings (SSSR count). The third-order valence-corrected chi connectivity index (χ3v) is 2.98. The van der Waals surface area contributed by atoms with Gasteiger partial charge in [0.15, 0.2) is 0 Å². The first-order valence-corrected chi connectivity index (χ1v) is 6.11. The van der Waals surface area contributed by atoms with Gasteiger partial charge in [0.2, 0.25) is 5.91 Å². The van der Waals surface area contributed by atoms with E-state index in [1.807, 2.05) is 19.1 Å². The first-order chi connectivity index (χ1) is 8.61. The van der Waals surface area contributed by atoms with Gasteiger partial charge in [0.1, 0.15) is 11.8 Å². The molecule has 5 heteroatoms. The molecule has 1 amide bonds. The Labute approximate surface area is 107 Å². The fourth-order valence-electron chi connectivity index (χ4n) is 1.70. The van der Waals surface area contributed by atoms with Crippen LogP contribution in [-0.2, 0) is 4.79 Å². The number of rotatable bonds is 5. The van der Waals surface area contributed by atoms with Gasteiger partial charge in [0.25, 0.3) is 0 Å². The van der Waals surface area contributed by atoms with Crippen LogP contribution in [0.4, 0.5) is 11.4 Å². The molecule has 0 aromatic heterocycles. The fourth-order valence-corrected chi connectivity index (χ4v) is 1.70. The van der Waals surface area contributed by atoms with Gasteiger partial charge in [-0.25, -0.2) is 0 Å². The van der Waals surface area contributed by atoms with Gasteiger partial charge in [0.05, 0.1) is 18.5 Å². The van der Waals surface area contributed by atoms with Gasteiger partial charge in [-0.3, -0.25) is 4.79 Å². The van der Waals surface area contributed by atoms with E-state index < -0.39 is 0 Å². The van der Waals surface area contributed by atoms with Crippen molar-refractivity contribution in [2.75, 3.05) is 18.2 Å². The number of hydrogen-bond acceptors (Lipinski definition) is 4. The van der Waals surface area contributed by atoms with Gasteiger partial charge in [-0.1, -0.05) is 6.07 Å². The van der Waals surface area contributed by atoms with Crippen molar-refractivity contribution < 1.29 is 9.53 Å². The zero-order valence-electron chi connectivity index (χ0n) is 10.7. The van der Waals surface area contributed by atoms with Gasteiger partial charge in [0, 0.05) is 6.04 Å². The number of ether oxygens (including phenoxy) is 1. The number of anilines is 2. The van der Waals surface area contributed by atoms with E-state index in [4.69, 9.17) is 10.5 Å². The number of amides is 1. The van der Waals surface area contributed by atoms with Gasteiger partial charge in [-0.15, -0.1) is 0 Å². The second-order valence-corrected chi connectivity index (χ2v) is 4.57. The number of carbonyl (C=O) groups excluding carboxylic acids is 1. The van der Waals surface area contributed by atoms with Crippen LogP contribution in [0.3, 0.4) is 0 Å². The monoisotopic (exact) mass is 249 g/mol. The lowest BCUT2D eigenvalue weighted by molar-refractivity contribution is -0.121. The summed E-state index contributed by atoms with van der Waals surface area (Å²) in [6.45, 7) is 1.82.